The number of carbonyl (C=O) groups excluding carboxylic acids is 1. The molecule has 0 heterocycles. The van der Waals surface area contributed by atoms with Crippen LogP contribution in [0.3, 0.4) is 0 Å². The van der Waals surface area contributed by atoms with Gasteiger partial charge in [0.15, 0.2) is 5.60 Å². The number of nitrogens with zero attached hydrogens (tertiary/aromatic N) is 1. The molecule has 0 saturated carbocycles. The van der Waals surface area contributed by atoms with Crippen LogP contribution in [0.4, 0.5) is 11.4 Å². The van der Waals surface area contributed by atoms with Crippen molar-refractivity contribution in [2.75, 3.05) is 5.32 Å². The predicted molar refractivity (Wildman–Crippen MR) is 107 cm³/mol. The fraction of sp³-hybridized carbons (Fsp3) is 0.350. The number of benzene rings is 2. The third-order valence-corrected chi connectivity index (χ3v) is 4.36. The average Bonchev–Trinajstić information content (AvgIpc) is 2.55. The first-order valence-corrected chi connectivity index (χ1v) is 8.83. The van der Waals surface area contributed by atoms with Gasteiger partial charge in [-0.2, -0.15) is 0 Å². The number of carbonyl (C=O) groups is 1. The van der Waals surface area contributed by atoms with Crippen LogP contribution in [0.5, 0.6) is 5.75 Å². The second kappa shape index (κ2) is 7.56. The van der Waals surface area contributed by atoms with E-state index >= 15 is 0 Å². The highest BCUT2D eigenvalue weighted by Gasteiger charge is 2.30. The fourth-order valence-corrected chi connectivity index (χ4v) is 2.56. The normalized spacial score (nSPS) is 11.8. The maximum atomic E-state index is 12.6. The molecule has 0 atom stereocenters. The quantitative estimate of drug-likeness (QED) is 0.551. The lowest BCUT2D eigenvalue weighted by Gasteiger charge is -2.26. The van der Waals surface area contributed by atoms with Gasteiger partial charge in [-0.3, -0.25) is 14.9 Å². The molecular formula is C20H23ClN2O4. The van der Waals surface area contributed by atoms with Gasteiger partial charge in [-0.1, -0.05) is 44.5 Å². The van der Waals surface area contributed by atoms with Crippen molar-refractivity contribution in [2.45, 2.75) is 45.6 Å². The minimum absolute atomic E-state index is 0.00690. The third-order valence-electron chi connectivity index (χ3n) is 4.04. The van der Waals surface area contributed by atoms with Crippen LogP contribution in [0.15, 0.2) is 42.5 Å². The number of halogens is 1. The number of anilines is 1. The van der Waals surface area contributed by atoms with Crippen molar-refractivity contribution in [1.29, 1.82) is 0 Å². The Morgan fingerprint density at radius 2 is 1.67 bits per heavy atom. The lowest BCUT2D eigenvalue weighted by atomic mass is 9.87. The minimum atomic E-state index is -1.18. The molecular weight excluding hydrogens is 368 g/mol. The molecule has 0 aliphatic carbocycles. The zero-order chi connectivity index (χ0) is 20.4. The van der Waals surface area contributed by atoms with Gasteiger partial charge in [-0.25, -0.2) is 0 Å². The van der Waals surface area contributed by atoms with Gasteiger partial charge in [0, 0.05) is 11.8 Å². The smallest absolute Gasteiger partial charge is 0.289 e. The van der Waals surface area contributed by atoms with E-state index in [9.17, 15) is 14.9 Å². The van der Waals surface area contributed by atoms with Crippen molar-refractivity contribution >= 4 is 28.9 Å². The summed E-state index contributed by atoms with van der Waals surface area (Å²) in [7, 11) is 0. The number of hydrogen-bond donors (Lipinski definition) is 1. The van der Waals surface area contributed by atoms with Crippen molar-refractivity contribution in [3.63, 3.8) is 0 Å². The van der Waals surface area contributed by atoms with Crippen molar-refractivity contribution in [3.05, 3.63) is 63.2 Å². The van der Waals surface area contributed by atoms with Gasteiger partial charge in [0.25, 0.3) is 11.6 Å². The molecule has 0 radical (unpaired) electrons. The number of hydrogen-bond acceptors (Lipinski definition) is 4. The first-order chi connectivity index (χ1) is 12.4. The van der Waals surface area contributed by atoms with Gasteiger partial charge in [-0.15, -0.1) is 0 Å². The molecule has 0 aliphatic heterocycles. The average molecular weight is 391 g/mol. The largest absolute Gasteiger partial charge is 0.478 e. The predicted octanol–water partition coefficient (Wildman–Crippen LogP) is 5.34. The third kappa shape index (κ3) is 5.20. The maximum absolute atomic E-state index is 12.6. The van der Waals surface area contributed by atoms with Crippen molar-refractivity contribution in [2.24, 2.45) is 0 Å². The van der Waals surface area contributed by atoms with Crippen LogP contribution in [0.2, 0.25) is 5.02 Å². The molecule has 1 N–H and O–H groups in total. The number of amides is 1. The SMILES string of the molecule is CC(C)(Oc1ccc(C(C)(C)C)cc1)C(=O)Nc1ccc(Cl)c([N+](=O)[O-])c1. The summed E-state index contributed by atoms with van der Waals surface area (Å²) >= 11 is 5.79. The Morgan fingerprint density at radius 1 is 1.07 bits per heavy atom. The van der Waals surface area contributed by atoms with Crippen LogP contribution in [-0.4, -0.2) is 16.4 Å². The second-order valence-electron chi connectivity index (χ2n) is 7.76. The highest BCUT2D eigenvalue weighted by atomic mass is 35.5. The molecule has 0 aliphatic rings. The topological polar surface area (TPSA) is 81.5 Å². The van der Waals surface area contributed by atoms with Crippen molar-refractivity contribution < 1.29 is 14.5 Å². The molecule has 2 aromatic rings. The summed E-state index contributed by atoms with van der Waals surface area (Å²) in [4.78, 5) is 23.0. The fourth-order valence-electron chi connectivity index (χ4n) is 2.38. The Bertz CT molecular complexity index is 855. The molecule has 1 amide bonds. The molecule has 0 unspecified atom stereocenters. The monoisotopic (exact) mass is 390 g/mol. The molecule has 6 nitrogen and oxygen atoms in total. The summed E-state index contributed by atoms with van der Waals surface area (Å²) in [5.74, 6) is 0.129. The van der Waals surface area contributed by atoms with E-state index in [-0.39, 0.29) is 21.8 Å². The summed E-state index contributed by atoms with van der Waals surface area (Å²) in [6.45, 7) is 9.61. The Balaban J connectivity index is 2.13. The Hall–Kier alpha value is -2.60. The first-order valence-electron chi connectivity index (χ1n) is 8.45. The summed E-state index contributed by atoms with van der Waals surface area (Å²) in [5.41, 5.74) is -0.000702. The van der Waals surface area contributed by atoms with E-state index in [1.54, 1.807) is 13.8 Å². The molecule has 0 saturated heterocycles. The van der Waals surface area contributed by atoms with Crippen LogP contribution in [0.1, 0.15) is 40.2 Å². The van der Waals surface area contributed by atoms with Gasteiger partial charge in [0.1, 0.15) is 10.8 Å². The number of ether oxygens (including phenoxy) is 1. The zero-order valence-corrected chi connectivity index (χ0v) is 16.8. The molecule has 144 valence electrons. The van der Waals surface area contributed by atoms with Crippen LogP contribution in [-0.2, 0) is 10.2 Å². The Kier molecular flexibility index (Phi) is 5.80. The van der Waals surface area contributed by atoms with Gasteiger partial charge < -0.3 is 10.1 Å². The van der Waals surface area contributed by atoms with E-state index < -0.39 is 16.4 Å². The lowest BCUT2D eigenvalue weighted by Crippen LogP contribution is -2.42. The Morgan fingerprint density at radius 3 is 2.19 bits per heavy atom. The van der Waals surface area contributed by atoms with E-state index in [0.717, 1.165) is 5.56 Å². The number of nitro benzene ring substituents is 1. The van der Waals surface area contributed by atoms with Gasteiger partial charge in [0.05, 0.1) is 4.92 Å². The van der Waals surface area contributed by atoms with Gasteiger partial charge >= 0.3 is 0 Å². The van der Waals surface area contributed by atoms with Crippen molar-refractivity contribution in [3.8, 4) is 5.75 Å². The summed E-state index contributed by atoms with van der Waals surface area (Å²) < 4.78 is 5.83. The zero-order valence-electron chi connectivity index (χ0n) is 16.0. The van der Waals surface area contributed by atoms with Crippen LogP contribution >= 0.6 is 11.6 Å². The standard InChI is InChI=1S/C20H23ClN2O4/c1-19(2,3)13-6-9-15(10-7-13)27-20(4,5)18(24)22-14-8-11-16(21)17(12-14)23(25)26/h6-12H,1-5H3,(H,22,24). The minimum Gasteiger partial charge on any atom is -0.478 e. The van der Waals surface area contributed by atoms with E-state index in [1.165, 1.54) is 18.2 Å². The summed E-state index contributed by atoms with van der Waals surface area (Å²) in [6.07, 6.45) is 0. The molecule has 2 aromatic carbocycles. The van der Waals surface area contributed by atoms with E-state index in [2.05, 4.69) is 26.1 Å². The highest BCUT2D eigenvalue weighted by Crippen LogP contribution is 2.29. The van der Waals surface area contributed by atoms with E-state index in [1.807, 2.05) is 24.3 Å². The molecule has 0 fully saturated rings. The second-order valence-corrected chi connectivity index (χ2v) is 8.17. The molecule has 0 bridgehead atoms. The van der Waals surface area contributed by atoms with Crippen LogP contribution < -0.4 is 10.1 Å². The van der Waals surface area contributed by atoms with Crippen LogP contribution in [0.25, 0.3) is 0 Å². The summed E-state index contributed by atoms with van der Waals surface area (Å²) in [5, 5.41) is 13.6. The van der Waals surface area contributed by atoms with Gasteiger partial charge in [0.2, 0.25) is 0 Å². The van der Waals surface area contributed by atoms with E-state index in [0.29, 0.717) is 5.75 Å². The molecule has 7 heteroatoms. The highest BCUT2D eigenvalue weighted by molar-refractivity contribution is 6.32. The number of rotatable bonds is 5. The molecule has 0 spiro atoms. The maximum Gasteiger partial charge on any atom is 0.289 e. The lowest BCUT2D eigenvalue weighted by molar-refractivity contribution is -0.384. The number of nitrogens with one attached hydrogen (secondary N) is 1. The molecule has 0 aromatic heterocycles. The van der Waals surface area contributed by atoms with Crippen LogP contribution in [0, 0.1) is 10.1 Å². The molecule has 27 heavy (non-hydrogen) atoms. The molecule has 2 rings (SSSR count). The number of nitro groups is 1. The van der Waals surface area contributed by atoms with Gasteiger partial charge in [-0.05, 0) is 49.1 Å². The summed E-state index contributed by atoms with van der Waals surface area (Å²) in [6, 6.07) is 11.7. The Labute approximate surface area is 163 Å². The van der Waals surface area contributed by atoms with Crippen molar-refractivity contribution in [1.82, 2.24) is 0 Å². The first kappa shape index (κ1) is 20.7. The van der Waals surface area contributed by atoms with E-state index in [4.69, 9.17) is 16.3 Å².